The van der Waals surface area contributed by atoms with Crippen molar-refractivity contribution in [3.05, 3.63) is 158 Å². The summed E-state index contributed by atoms with van der Waals surface area (Å²) in [5, 5.41) is 9.49. The summed E-state index contributed by atoms with van der Waals surface area (Å²) in [6.45, 7) is 0. The van der Waals surface area contributed by atoms with E-state index in [1.807, 2.05) is 24.3 Å². The summed E-state index contributed by atoms with van der Waals surface area (Å²) in [6.07, 6.45) is 0. The van der Waals surface area contributed by atoms with Gasteiger partial charge in [-0.05, 0) is 83.9 Å². The average molecular weight is 565 g/mol. The normalized spacial score (nSPS) is 12.4. The molecule has 0 radical (unpaired) electrons. The molecule has 0 spiro atoms. The maximum atomic E-state index is 8.76. The second-order valence-corrected chi connectivity index (χ2v) is 12.2. The van der Waals surface area contributed by atoms with Crippen molar-refractivity contribution in [1.29, 1.82) is 0 Å². The topological polar surface area (TPSA) is 0 Å². The molecule has 9 aromatic rings. The summed E-state index contributed by atoms with van der Waals surface area (Å²) < 4.78 is 18.9. The second kappa shape index (κ2) is 9.66. The molecule has 0 amide bonds. The summed E-state index contributed by atoms with van der Waals surface area (Å²) in [7, 11) is 0. The van der Waals surface area contributed by atoms with Gasteiger partial charge < -0.3 is 0 Å². The van der Waals surface area contributed by atoms with Gasteiger partial charge in [0.15, 0.2) is 0 Å². The van der Waals surface area contributed by atoms with Gasteiger partial charge in [0, 0.05) is 20.2 Å². The Labute approximate surface area is 256 Å². The van der Waals surface area contributed by atoms with Gasteiger partial charge in [0.25, 0.3) is 0 Å². The van der Waals surface area contributed by atoms with Crippen LogP contribution < -0.4 is 0 Å². The Morgan fingerprint density at radius 1 is 0.419 bits per heavy atom. The zero-order valence-corrected chi connectivity index (χ0v) is 24.1. The minimum absolute atomic E-state index is 0.534. The van der Waals surface area contributed by atoms with Crippen LogP contribution in [-0.4, -0.2) is 0 Å². The van der Waals surface area contributed by atoms with Crippen molar-refractivity contribution in [3.63, 3.8) is 0 Å². The number of rotatable bonds is 3. The van der Waals surface area contributed by atoms with E-state index < -0.39 is 0 Å². The molecule has 0 saturated carbocycles. The lowest BCUT2D eigenvalue weighted by Crippen LogP contribution is -1.91. The Balaban J connectivity index is 1.28. The minimum atomic E-state index is 0.534. The van der Waals surface area contributed by atoms with E-state index in [9.17, 15) is 0 Å². The van der Waals surface area contributed by atoms with Gasteiger partial charge in [0.05, 0.1) is 2.74 Å². The van der Waals surface area contributed by atoms with Crippen molar-refractivity contribution in [2.45, 2.75) is 0 Å². The van der Waals surface area contributed by atoms with Crippen LogP contribution in [0.4, 0.5) is 0 Å². The van der Waals surface area contributed by atoms with Crippen molar-refractivity contribution in [1.82, 2.24) is 0 Å². The SMILES string of the molecule is [2H]c1ccc2cc(-c3ccc(-c4c5ccccc5c(-c5ccc([2H])c6sc7ccccc7c56)c5ccccc45)cc3)ccc2c1. The Bertz CT molecular complexity index is 2550. The van der Waals surface area contributed by atoms with Crippen molar-refractivity contribution in [2.24, 2.45) is 0 Å². The molecule has 1 aromatic heterocycles. The first-order valence-electron chi connectivity index (χ1n) is 15.6. The Morgan fingerprint density at radius 2 is 1.05 bits per heavy atom. The Morgan fingerprint density at radius 3 is 1.79 bits per heavy atom. The third-order valence-corrected chi connectivity index (χ3v) is 9.82. The largest absolute Gasteiger partial charge is 0.135 e. The smallest absolute Gasteiger partial charge is 0.0638 e. The highest BCUT2D eigenvalue weighted by molar-refractivity contribution is 7.25. The van der Waals surface area contributed by atoms with Crippen LogP contribution >= 0.6 is 11.3 Å². The molecule has 0 unspecified atom stereocenters. The van der Waals surface area contributed by atoms with Gasteiger partial charge in [0.2, 0.25) is 0 Å². The summed E-state index contributed by atoms with van der Waals surface area (Å²) in [5.41, 5.74) is 7.17. The van der Waals surface area contributed by atoms with Gasteiger partial charge in [-0.25, -0.2) is 0 Å². The van der Waals surface area contributed by atoms with E-state index in [1.165, 1.54) is 70.4 Å². The zero-order valence-electron chi connectivity index (χ0n) is 25.3. The second-order valence-electron chi connectivity index (χ2n) is 11.1. The quantitative estimate of drug-likeness (QED) is 0.187. The molecule has 200 valence electrons. The van der Waals surface area contributed by atoms with E-state index in [2.05, 4.69) is 121 Å². The molecule has 9 rings (SSSR count). The standard InChI is InChI=1S/C42H26S/c1-2-11-30-26-31(25-22-27(30)10-1)28-20-23-29(24-21-28)40-32-12-3-5-14-34(32)41(35-15-6-4-13-33(35)40)37-17-9-19-39-42(37)36-16-7-8-18-38(36)43-39/h1-26H/i1D,19D. The molecule has 0 atom stereocenters. The van der Waals surface area contributed by atoms with Crippen LogP contribution in [0.1, 0.15) is 2.74 Å². The van der Waals surface area contributed by atoms with Gasteiger partial charge >= 0.3 is 0 Å². The van der Waals surface area contributed by atoms with Gasteiger partial charge in [-0.3, -0.25) is 0 Å². The van der Waals surface area contributed by atoms with E-state index in [4.69, 9.17) is 2.74 Å². The van der Waals surface area contributed by atoms with E-state index in [-0.39, 0.29) is 0 Å². The molecule has 0 saturated heterocycles. The fourth-order valence-electron chi connectivity index (χ4n) is 6.77. The van der Waals surface area contributed by atoms with Crippen LogP contribution in [0.2, 0.25) is 0 Å². The first-order valence-corrected chi connectivity index (χ1v) is 15.4. The van der Waals surface area contributed by atoms with E-state index in [1.54, 1.807) is 11.3 Å². The summed E-state index contributed by atoms with van der Waals surface area (Å²) >= 11 is 1.71. The highest BCUT2D eigenvalue weighted by atomic mass is 32.1. The predicted octanol–water partition coefficient (Wildman–Crippen LogP) is 12.5. The van der Waals surface area contributed by atoms with Gasteiger partial charge in [-0.15, -0.1) is 11.3 Å². The van der Waals surface area contributed by atoms with E-state index in [0.29, 0.717) is 12.1 Å². The molecule has 43 heavy (non-hydrogen) atoms. The van der Waals surface area contributed by atoms with E-state index >= 15 is 0 Å². The molecular weight excluding hydrogens is 537 g/mol. The fraction of sp³-hybridized carbons (Fsp3) is 0. The third kappa shape index (κ3) is 3.82. The van der Waals surface area contributed by atoms with Crippen molar-refractivity contribution >= 4 is 63.8 Å². The molecule has 0 fully saturated rings. The van der Waals surface area contributed by atoms with Gasteiger partial charge in [-0.1, -0.05) is 140 Å². The molecule has 0 aliphatic heterocycles. The van der Waals surface area contributed by atoms with Crippen LogP contribution in [0, 0.1) is 0 Å². The summed E-state index contributed by atoms with van der Waals surface area (Å²) in [6, 6.07) is 52.5. The number of fused-ring (bicyclic) bond motifs is 6. The van der Waals surface area contributed by atoms with E-state index in [0.717, 1.165) is 15.5 Å². The lowest BCUT2D eigenvalue weighted by atomic mass is 9.84. The van der Waals surface area contributed by atoms with Gasteiger partial charge in [-0.2, -0.15) is 0 Å². The van der Waals surface area contributed by atoms with Crippen molar-refractivity contribution < 1.29 is 2.74 Å². The van der Waals surface area contributed by atoms with Crippen LogP contribution in [0.15, 0.2) is 158 Å². The molecule has 0 aliphatic carbocycles. The molecule has 0 N–H and O–H groups in total. The Kier molecular flexibility index (Phi) is 5.03. The van der Waals surface area contributed by atoms with Crippen LogP contribution in [0.5, 0.6) is 0 Å². The van der Waals surface area contributed by atoms with Crippen molar-refractivity contribution in [3.8, 4) is 33.4 Å². The maximum Gasteiger partial charge on any atom is 0.0638 e. The van der Waals surface area contributed by atoms with Crippen LogP contribution in [0.3, 0.4) is 0 Å². The summed E-state index contributed by atoms with van der Waals surface area (Å²) in [5.74, 6) is 0. The number of hydrogen-bond donors (Lipinski definition) is 0. The maximum absolute atomic E-state index is 8.76. The molecule has 1 heteroatoms. The number of hydrogen-bond acceptors (Lipinski definition) is 1. The molecule has 8 aromatic carbocycles. The Hall–Kier alpha value is -5.24. The molecule has 0 nitrogen and oxygen atoms in total. The lowest BCUT2D eigenvalue weighted by molar-refractivity contribution is 1.63. The van der Waals surface area contributed by atoms with Gasteiger partial charge in [0.1, 0.15) is 0 Å². The highest BCUT2D eigenvalue weighted by Gasteiger charge is 2.19. The number of thiophene rings is 1. The molecule has 0 bridgehead atoms. The summed E-state index contributed by atoms with van der Waals surface area (Å²) in [4.78, 5) is 0. The molecular formula is C42H26S. The fourth-order valence-corrected chi connectivity index (χ4v) is 7.87. The predicted molar refractivity (Wildman–Crippen MR) is 188 cm³/mol. The first-order chi connectivity index (χ1) is 22.1. The van der Waals surface area contributed by atoms with Crippen LogP contribution in [0.25, 0.3) is 85.9 Å². The monoisotopic (exact) mass is 564 g/mol. The average Bonchev–Trinajstić information content (AvgIpc) is 3.48. The molecule has 1 heterocycles. The minimum Gasteiger partial charge on any atom is -0.135 e. The van der Waals surface area contributed by atoms with Crippen molar-refractivity contribution in [2.75, 3.05) is 0 Å². The first kappa shape index (κ1) is 22.4. The third-order valence-electron chi connectivity index (χ3n) is 8.72. The molecule has 0 aliphatic rings. The number of benzene rings is 8. The zero-order chi connectivity index (χ0) is 30.1. The highest BCUT2D eigenvalue weighted by Crippen LogP contribution is 2.47. The van der Waals surface area contributed by atoms with Crippen LogP contribution in [-0.2, 0) is 0 Å². The lowest BCUT2D eigenvalue weighted by Gasteiger charge is -2.18.